The molecule has 9 heteroatoms. The van der Waals surface area contributed by atoms with Crippen LogP contribution in [0.15, 0.2) is 60.7 Å². The van der Waals surface area contributed by atoms with Crippen molar-refractivity contribution in [3.8, 4) is 11.4 Å². The van der Waals surface area contributed by atoms with Gasteiger partial charge < -0.3 is 10.1 Å². The van der Waals surface area contributed by atoms with E-state index in [-0.39, 0.29) is 16.8 Å². The molecule has 0 aliphatic heterocycles. The second-order valence-electron chi connectivity index (χ2n) is 8.26. The van der Waals surface area contributed by atoms with Crippen LogP contribution in [0.4, 0.5) is 10.1 Å². The molecule has 0 aliphatic carbocycles. The summed E-state index contributed by atoms with van der Waals surface area (Å²) in [6.45, 7) is 6.66. The predicted octanol–water partition coefficient (Wildman–Crippen LogP) is 5.03. The number of carbonyl (C=O) groups excluding carboxylic acids is 1. The van der Waals surface area contributed by atoms with Gasteiger partial charge in [0, 0.05) is 11.3 Å². The predicted molar refractivity (Wildman–Crippen MR) is 134 cm³/mol. The molecule has 1 aromatic heterocycles. The van der Waals surface area contributed by atoms with Gasteiger partial charge in [-0.15, -0.1) is 10.2 Å². The van der Waals surface area contributed by atoms with Crippen LogP contribution in [0.2, 0.25) is 0 Å². The number of thiocarbonyl (C=S) groups is 1. The van der Waals surface area contributed by atoms with E-state index < -0.39 is 0 Å². The van der Waals surface area contributed by atoms with Crippen LogP contribution in [0.3, 0.4) is 0 Å². The molecule has 0 bridgehead atoms. The molecule has 1 heterocycles. The van der Waals surface area contributed by atoms with Crippen LogP contribution in [0.25, 0.3) is 16.7 Å². The molecular formula is C25H24FN5O2S. The van der Waals surface area contributed by atoms with E-state index in [9.17, 15) is 9.18 Å². The first-order valence-corrected chi connectivity index (χ1v) is 11.2. The third kappa shape index (κ3) is 5.55. The lowest BCUT2D eigenvalue weighted by molar-refractivity contribution is 0.0977. The number of carbonyl (C=O) groups is 1. The van der Waals surface area contributed by atoms with E-state index in [4.69, 9.17) is 17.0 Å². The molecule has 0 saturated heterocycles. The highest BCUT2D eigenvalue weighted by Crippen LogP contribution is 2.22. The number of ether oxygens (including phenoxy) is 1. The number of amides is 1. The van der Waals surface area contributed by atoms with Gasteiger partial charge in [-0.1, -0.05) is 13.8 Å². The van der Waals surface area contributed by atoms with Crippen LogP contribution >= 0.6 is 12.2 Å². The Balaban J connectivity index is 1.43. The Labute approximate surface area is 201 Å². The minimum atomic E-state index is -0.325. The molecule has 0 saturated carbocycles. The molecule has 174 valence electrons. The van der Waals surface area contributed by atoms with Crippen molar-refractivity contribution in [2.75, 3.05) is 11.9 Å². The van der Waals surface area contributed by atoms with Gasteiger partial charge in [-0.3, -0.25) is 10.1 Å². The molecule has 0 radical (unpaired) electrons. The number of hydrogen-bond donors (Lipinski definition) is 2. The Kier molecular flexibility index (Phi) is 6.83. The molecule has 0 aliphatic rings. The quantitative estimate of drug-likeness (QED) is 0.379. The monoisotopic (exact) mass is 477 g/mol. The van der Waals surface area contributed by atoms with Gasteiger partial charge in [0.25, 0.3) is 5.91 Å². The third-order valence-electron chi connectivity index (χ3n) is 4.96. The van der Waals surface area contributed by atoms with Crippen molar-refractivity contribution in [1.29, 1.82) is 0 Å². The Morgan fingerprint density at radius 2 is 1.71 bits per heavy atom. The average molecular weight is 478 g/mol. The lowest BCUT2D eigenvalue weighted by atomic mass is 10.2. The van der Waals surface area contributed by atoms with Gasteiger partial charge in [-0.2, -0.15) is 4.80 Å². The zero-order valence-corrected chi connectivity index (χ0v) is 19.8. The van der Waals surface area contributed by atoms with Crippen molar-refractivity contribution in [2.24, 2.45) is 5.92 Å². The summed E-state index contributed by atoms with van der Waals surface area (Å²) in [6.07, 6.45) is 0. The van der Waals surface area contributed by atoms with Crippen LogP contribution in [-0.4, -0.2) is 32.6 Å². The van der Waals surface area contributed by atoms with Crippen molar-refractivity contribution >= 4 is 40.0 Å². The van der Waals surface area contributed by atoms with E-state index in [2.05, 4.69) is 34.7 Å². The number of rotatable bonds is 6. The summed E-state index contributed by atoms with van der Waals surface area (Å²) in [5, 5.41) is 14.8. The zero-order valence-electron chi connectivity index (χ0n) is 19.0. The largest absolute Gasteiger partial charge is 0.493 e. The summed E-state index contributed by atoms with van der Waals surface area (Å²) in [7, 11) is 0. The van der Waals surface area contributed by atoms with E-state index >= 15 is 0 Å². The maximum Gasteiger partial charge on any atom is 0.257 e. The molecule has 0 unspecified atom stereocenters. The van der Waals surface area contributed by atoms with Crippen molar-refractivity contribution in [3.05, 3.63) is 77.6 Å². The fraction of sp³-hybridized carbons (Fsp3) is 0.200. The first-order valence-electron chi connectivity index (χ1n) is 10.8. The second kappa shape index (κ2) is 9.96. The topological polar surface area (TPSA) is 81.1 Å². The van der Waals surface area contributed by atoms with Gasteiger partial charge >= 0.3 is 0 Å². The van der Waals surface area contributed by atoms with E-state index in [0.29, 0.717) is 46.2 Å². The Morgan fingerprint density at radius 3 is 2.35 bits per heavy atom. The number of aryl methyl sites for hydroxylation is 1. The fourth-order valence-electron chi connectivity index (χ4n) is 3.19. The summed E-state index contributed by atoms with van der Waals surface area (Å²) in [5.74, 6) is 0.479. The van der Waals surface area contributed by atoms with E-state index in [1.807, 2.05) is 13.0 Å². The number of fused-ring (bicyclic) bond motifs is 1. The average Bonchev–Trinajstić information content (AvgIpc) is 3.21. The van der Waals surface area contributed by atoms with Crippen LogP contribution < -0.4 is 15.4 Å². The van der Waals surface area contributed by atoms with Gasteiger partial charge in [-0.05, 0) is 91.3 Å². The number of nitrogens with one attached hydrogen (secondary N) is 2. The van der Waals surface area contributed by atoms with Crippen LogP contribution in [0.1, 0.15) is 29.8 Å². The van der Waals surface area contributed by atoms with Gasteiger partial charge in [0.2, 0.25) is 0 Å². The zero-order chi connectivity index (χ0) is 24.2. The maximum atomic E-state index is 13.2. The Hall–Kier alpha value is -3.85. The second-order valence-corrected chi connectivity index (χ2v) is 8.67. The lowest BCUT2D eigenvalue weighted by Gasteiger charge is -2.12. The summed E-state index contributed by atoms with van der Waals surface area (Å²) in [5.41, 5.74) is 4.00. The molecule has 34 heavy (non-hydrogen) atoms. The summed E-state index contributed by atoms with van der Waals surface area (Å²) >= 11 is 5.34. The highest BCUT2D eigenvalue weighted by Gasteiger charge is 2.12. The Morgan fingerprint density at radius 1 is 1.06 bits per heavy atom. The molecule has 4 aromatic rings. The standard InChI is InChI=1S/C25H24FN5O2S/c1-15(2)14-33-20-10-4-17(5-11-20)24(32)28-25(34)27-21-13-23-22(12-16(21)3)29-31(30-23)19-8-6-18(26)7-9-19/h4-13,15H,14H2,1-3H3,(H2,27,28,32,34). The molecule has 0 atom stereocenters. The molecule has 3 aromatic carbocycles. The Bertz CT molecular complexity index is 1330. The molecule has 1 amide bonds. The summed E-state index contributed by atoms with van der Waals surface area (Å²) < 4.78 is 18.8. The smallest absolute Gasteiger partial charge is 0.257 e. The highest BCUT2D eigenvalue weighted by molar-refractivity contribution is 7.80. The number of nitrogens with zero attached hydrogens (tertiary/aromatic N) is 3. The van der Waals surface area contributed by atoms with Crippen molar-refractivity contribution in [1.82, 2.24) is 20.3 Å². The fourth-order valence-corrected chi connectivity index (χ4v) is 3.39. The number of aromatic nitrogens is 3. The molecular weight excluding hydrogens is 453 g/mol. The summed E-state index contributed by atoms with van der Waals surface area (Å²) in [4.78, 5) is 14.0. The van der Waals surface area contributed by atoms with E-state index in [0.717, 1.165) is 5.56 Å². The van der Waals surface area contributed by atoms with E-state index in [1.165, 1.54) is 16.9 Å². The van der Waals surface area contributed by atoms with Gasteiger partial charge in [0.1, 0.15) is 22.6 Å². The normalized spacial score (nSPS) is 11.0. The molecule has 4 rings (SSSR count). The van der Waals surface area contributed by atoms with E-state index in [1.54, 1.807) is 42.5 Å². The number of anilines is 1. The van der Waals surface area contributed by atoms with Gasteiger partial charge in [-0.25, -0.2) is 4.39 Å². The van der Waals surface area contributed by atoms with Crippen LogP contribution in [-0.2, 0) is 0 Å². The SMILES string of the molecule is Cc1cc2nn(-c3ccc(F)cc3)nc2cc1NC(=S)NC(=O)c1ccc(OCC(C)C)cc1. The molecule has 7 nitrogen and oxygen atoms in total. The van der Waals surface area contributed by atoms with Gasteiger partial charge in [0.15, 0.2) is 5.11 Å². The molecule has 0 spiro atoms. The first-order chi connectivity index (χ1) is 16.3. The number of benzene rings is 3. The van der Waals surface area contributed by atoms with Gasteiger partial charge in [0.05, 0.1) is 12.3 Å². The minimum Gasteiger partial charge on any atom is -0.493 e. The highest BCUT2D eigenvalue weighted by atomic mass is 32.1. The lowest BCUT2D eigenvalue weighted by Crippen LogP contribution is -2.34. The van der Waals surface area contributed by atoms with Crippen molar-refractivity contribution in [2.45, 2.75) is 20.8 Å². The van der Waals surface area contributed by atoms with Crippen molar-refractivity contribution < 1.29 is 13.9 Å². The minimum absolute atomic E-state index is 0.165. The molecule has 0 fully saturated rings. The van der Waals surface area contributed by atoms with Crippen LogP contribution in [0, 0.1) is 18.7 Å². The molecule has 2 N–H and O–H groups in total. The summed E-state index contributed by atoms with van der Waals surface area (Å²) in [6, 6.07) is 16.5. The third-order valence-corrected chi connectivity index (χ3v) is 5.16. The van der Waals surface area contributed by atoms with Crippen LogP contribution in [0.5, 0.6) is 5.75 Å². The number of halogens is 1. The number of hydrogen-bond acceptors (Lipinski definition) is 5. The first kappa shape index (κ1) is 23.3. The van der Waals surface area contributed by atoms with Crippen molar-refractivity contribution in [3.63, 3.8) is 0 Å². The maximum absolute atomic E-state index is 13.2.